The maximum atomic E-state index is 8.69. The number of aliphatic hydroxyl groups excluding tert-OH is 1. The van der Waals surface area contributed by atoms with Crippen LogP contribution in [0.15, 0.2) is 12.1 Å². The van der Waals surface area contributed by atoms with Crippen LogP contribution < -0.4 is 14.8 Å². The van der Waals surface area contributed by atoms with Crippen LogP contribution in [0.4, 0.5) is 5.69 Å². The zero-order chi connectivity index (χ0) is 9.97. The van der Waals surface area contributed by atoms with Gasteiger partial charge in [-0.1, -0.05) is 0 Å². The molecule has 4 nitrogen and oxygen atoms in total. The van der Waals surface area contributed by atoms with E-state index in [1.54, 1.807) is 0 Å². The molecule has 0 atom stereocenters. The van der Waals surface area contributed by atoms with Crippen molar-refractivity contribution in [1.29, 1.82) is 0 Å². The number of hydrogen-bond acceptors (Lipinski definition) is 4. The van der Waals surface area contributed by atoms with Crippen molar-refractivity contribution in [3.63, 3.8) is 0 Å². The zero-order valence-electron chi connectivity index (χ0n) is 8.04. The van der Waals surface area contributed by atoms with Crippen molar-refractivity contribution in [1.82, 2.24) is 0 Å². The van der Waals surface area contributed by atoms with Gasteiger partial charge in [0.25, 0.3) is 0 Å². The summed E-state index contributed by atoms with van der Waals surface area (Å²) in [5, 5.41) is 11.8. The molecule has 1 aliphatic rings. The van der Waals surface area contributed by atoms with Crippen molar-refractivity contribution in [2.45, 2.75) is 6.92 Å². The number of hydrogen-bond donors (Lipinski definition) is 2. The Bertz CT molecular complexity index is 338. The van der Waals surface area contributed by atoms with Gasteiger partial charge in [0, 0.05) is 18.3 Å². The zero-order valence-corrected chi connectivity index (χ0v) is 8.04. The number of aliphatic hydroxyl groups is 1. The molecule has 0 aliphatic carbocycles. The van der Waals surface area contributed by atoms with Crippen LogP contribution in [0.1, 0.15) is 5.56 Å². The first-order chi connectivity index (χ1) is 6.81. The summed E-state index contributed by atoms with van der Waals surface area (Å²) in [6.07, 6.45) is 0. The molecule has 2 rings (SSSR count). The van der Waals surface area contributed by atoms with Crippen LogP contribution in [-0.4, -0.2) is 25.1 Å². The van der Waals surface area contributed by atoms with E-state index in [2.05, 4.69) is 5.32 Å². The van der Waals surface area contributed by atoms with Crippen LogP contribution in [0, 0.1) is 6.92 Å². The topological polar surface area (TPSA) is 50.7 Å². The lowest BCUT2D eigenvalue weighted by Crippen LogP contribution is -2.06. The maximum absolute atomic E-state index is 8.69. The summed E-state index contributed by atoms with van der Waals surface area (Å²) in [5.74, 6) is 1.55. The van der Waals surface area contributed by atoms with E-state index in [9.17, 15) is 0 Å². The number of anilines is 1. The molecule has 4 heteroatoms. The summed E-state index contributed by atoms with van der Waals surface area (Å²) in [5.41, 5.74) is 2.06. The predicted octanol–water partition coefficient (Wildman–Crippen LogP) is 1.13. The van der Waals surface area contributed by atoms with Crippen molar-refractivity contribution in [3.05, 3.63) is 17.7 Å². The third-order valence-electron chi connectivity index (χ3n) is 2.15. The van der Waals surface area contributed by atoms with Crippen molar-refractivity contribution < 1.29 is 14.6 Å². The van der Waals surface area contributed by atoms with E-state index in [0.717, 1.165) is 22.7 Å². The Morgan fingerprint density at radius 3 is 2.79 bits per heavy atom. The molecule has 76 valence electrons. The summed E-state index contributed by atoms with van der Waals surface area (Å²) >= 11 is 0. The lowest BCUT2D eigenvalue weighted by Gasteiger charge is -2.08. The van der Waals surface area contributed by atoms with Gasteiger partial charge in [-0.2, -0.15) is 0 Å². The molecule has 0 spiro atoms. The number of fused-ring (bicyclic) bond motifs is 1. The maximum Gasteiger partial charge on any atom is 0.231 e. The SMILES string of the molecule is Cc1cc2c(cc1NCCO)OCO2. The fraction of sp³-hybridized carbons (Fsp3) is 0.400. The second-order valence-corrected chi connectivity index (χ2v) is 3.17. The van der Waals surface area contributed by atoms with E-state index in [4.69, 9.17) is 14.6 Å². The Hall–Kier alpha value is -1.42. The predicted molar refractivity (Wildman–Crippen MR) is 52.9 cm³/mol. The van der Waals surface area contributed by atoms with Crippen LogP contribution in [0.5, 0.6) is 11.5 Å². The lowest BCUT2D eigenvalue weighted by atomic mass is 10.2. The molecule has 0 amide bonds. The summed E-state index contributed by atoms with van der Waals surface area (Å²) in [7, 11) is 0. The molecule has 1 aromatic rings. The van der Waals surface area contributed by atoms with Gasteiger partial charge in [0.1, 0.15) is 0 Å². The first-order valence-corrected chi connectivity index (χ1v) is 4.56. The summed E-state index contributed by atoms with van der Waals surface area (Å²) in [6, 6.07) is 3.83. The van der Waals surface area contributed by atoms with Gasteiger partial charge in [-0.05, 0) is 18.6 Å². The first kappa shape index (κ1) is 9.15. The van der Waals surface area contributed by atoms with Crippen molar-refractivity contribution >= 4 is 5.69 Å². The van der Waals surface area contributed by atoms with Gasteiger partial charge in [-0.3, -0.25) is 0 Å². The molecule has 0 saturated carbocycles. The van der Waals surface area contributed by atoms with Gasteiger partial charge < -0.3 is 19.9 Å². The van der Waals surface area contributed by atoms with Gasteiger partial charge in [-0.25, -0.2) is 0 Å². The van der Waals surface area contributed by atoms with E-state index in [1.807, 2.05) is 19.1 Å². The van der Waals surface area contributed by atoms with Crippen molar-refractivity contribution in [2.75, 3.05) is 25.3 Å². The highest BCUT2D eigenvalue weighted by Gasteiger charge is 2.15. The lowest BCUT2D eigenvalue weighted by molar-refractivity contribution is 0.174. The molecule has 0 aromatic heterocycles. The monoisotopic (exact) mass is 195 g/mol. The van der Waals surface area contributed by atoms with E-state index in [-0.39, 0.29) is 13.4 Å². The van der Waals surface area contributed by atoms with Gasteiger partial charge in [-0.15, -0.1) is 0 Å². The Kier molecular flexibility index (Phi) is 2.45. The normalized spacial score (nSPS) is 13.0. The summed E-state index contributed by atoms with van der Waals surface area (Å²) in [4.78, 5) is 0. The average molecular weight is 195 g/mol. The molecule has 1 aromatic carbocycles. The highest BCUT2D eigenvalue weighted by Crippen LogP contribution is 2.36. The van der Waals surface area contributed by atoms with Crippen LogP contribution in [0.3, 0.4) is 0 Å². The molecule has 0 fully saturated rings. The molecule has 0 unspecified atom stereocenters. The minimum Gasteiger partial charge on any atom is -0.454 e. The fourth-order valence-corrected chi connectivity index (χ4v) is 1.42. The highest BCUT2D eigenvalue weighted by atomic mass is 16.7. The number of rotatable bonds is 3. The molecule has 0 radical (unpaired) electrons. The standard InChI is InChI=1S/C10H13NO3/c1-7-4-9-10(14-6-13-9)5-8(7)11-2-3-12/h4-5,11-12H,2-3,6H2,1H3. The second-order valence-electron chi connectivity index (χ2n) is 3.17. The molecule has 0 saturated heterocycles. The van der Waals surface area contributed by atoms with Gasteiger partial charge in [0.15, 0.2) is 11.5 Å². The minimum absolute atomic E-state index is 0.119. The van der Waals surface area contributed by atoms with Crippen molar-refractivity contribution in [3.8, 4) is 11.5 Å². The van der Waals surface area contributed by atoms with Crippen LogP contribution in [-0.2, 0) is 0 Å². The highest BCUT2D eigenvalue weighted by molar-refractivity contribution is 5.60. The third kappa shape index (κ3) is 1.61. The molecular weight excluding hydrogens is 182 g/mol. The molecule has 1 heterocycles. The Morgan fingerprint density at radius 2 is 2.07 bits per heavy atom. The van der Waals surface area contributed by atoms with Crippen LogP contribution in [0.2, 0.25) is 0 Å². The first-order valence-electron chi connectivity index (χ1n) is 4.56. The summed E-state index contributed by atoms with van der Waals surface area (Å²) < 4.78 is 10.5. The van der Waals surface area contributed by atoms with E-state index in [1.165, 1.54) is 0 Å². The number of nitrogens with one attached hydrogen (secondary N) is 1. The quantitative estimate of drug-likeness (QED) is 0.759. The largest absolute Gasteiger partial charge is 0.454 e. The average Bonchev–Trinajstić information content (AvgIpc) is 2.61. The summed E-state index contributed by atoms with van der Waals surface area (Å²) in [6.45, 7) is 2.94. The molecule has 1 aliphatic heterocycles. The Balaban J connectivity index is 2.23. The number of benzene rings is 1. The van der Waals surface area contributed by atoms with Crippen LogP contribution in [0.25, 0.3) is 0 Å². The van der Waals surface area contributed by atoms with E-state index in [0.29, 0.717) is 6.54 Å². The smallest absolute Gasteiger partial charge is 0.231 e. The Morgan fingerprint density at radius 1 is 1.36 bits per heavy atom. The molecule has 2 N–H and O–H groups in total. The molecular formula is C10H13NO3. The van der Waals surface area contributed by atoms with Gasteiger partial charge >= 0.3 is 0 Å². The third-order valence-corrected chi connectivity index (χ3v) is 2.15. The van der Waals surface area contributed by atoms with E-state index >= 15 is 0 Å². The minimum atomic E-state index is 0.119. The molecule has 14 heavy (non-hydrogen) atoms. The fourth-order valence-electron chi connectivity index (χ4n) is 1.42. The Labute approximate surface area is 82.5 Å². The second kappa shape index (κ2) is 3.75. The number of aryl methyl sites for hydroxylation is 1. The van der Waals surface area contributed by atoms with E-state index < -0.39 is 0 Å². The molecule has 0 bridgehead atoms. The van der Waals surface area contributed by atoms with Gasteiger partial charge in [0.05, 0.1) is 6.61 Å². The van der Waals surface area contributed by atoms with Gasteiger partial charge in [0.2, 0.25) is 6.79 Å². The van der Waals surface area contributed by atoms with Crippen molar-refractivity contribution in [2.24, 2.45) is 0 Å². The van der Waals surface area contributed by atoms with Crippen LogP contribution >= 0.6 is 0 Å². The number of ether oxygens (including phenoxy) is 2.